The summed E-state index contributed by atoms with van der Waals surface area (Å²) in [7, 11) is 0.776. The third-order valence-electron chi connectivity index (χ3n) is 3.60. The molecule has 0 aliphatic rings. The van der Waals surface area contributed by atoms with Gasteiger partial charge in [-0.05, 0) is 25.1 Å². The van der Waals surface area contributed by atoms with Gasteiger partial charge in [0.2, 0.25) is 11.7 Å². The zero-order chi connectivity index (χ0) is 23.8. The molecule has 1 rings (SSSR count). The standard InChI is InChI=1S/C17H14ClF4NO5.C2H6/c1-8-10(6-14(25)23(3)13(4-5-24)17(20,21)22)12(19)7-11(18)15(8)28-9(2)16(26)27;1-2/h4-5,7H,2,6H2,1,3H3,(H,26,27);1-2H3/b13-4-;. The minimum Gasteiger partial charge on any atom is -0.475 e. The second-order valence-electron chi connectivity index (χ2n) is 5.42. The minimum atomic E-state index is -4.99. The second-order valence-corrected chi connectivity index (χ2v) is 5.83. The highest BCUT2D eigenvalue weighted by atomic mass is 35.5. The van der Waals surface area contributed by atoms with Crippen molar-refractivity contribution in [2.45, 2.75) is 33.4 Å². The van der Waals surface area contributed by atoms with Gasteiger partial charge in [0.05, 0.1) is 11.4 Å². The van der Waals surface area contributed by atoms with Crippen LogP contribution in [-0.4, -0.2) is 41.4 Å². The number of carbonyl (C=O) groups is 3. The summed E-state index contributed by atoms with van der Waals surface area (Å²) >= 11 is 5.82. The van der Waals surface area contributed by atoms with Crippen molar-refractivity contribution in [3.63, 3.8) is 0 Å². The average Bonchev–Trinajstić information content (AvgIpc) is 2.66. The molecule has 0 heterocycles. The number of hydrogen-bond donors (Lipinski definition) is 1. The topological polar surface area (TPSA) is 83.9 Å². The lowest BCUT2D eigenvalue weighted by molar-refractivity contribution is -0.139. The number of rotatable bonds is 7. The van der Waals surface area contributed by atoms with E-state index in [1.807, 2.05) is 13.8 Å². The zero-order valence-electron chi connectivity index (χ0n) is 16.6. The van der Waals surface area contributed by atoms with Gasteiger partial charge in [-0.3, -0.25) is 9.59 Å². The molecule has 0 aromatic heterocycles. The Morgan fingerprint density at radius 1 is 1.33 bits per heavy atom. The number of carboxylic acids is 1. The molecule has 0 saturated carbocycles. The van der Waals surface area contributed by atoms with Crippen molar-refractivity contribution in [3.05, 3.63) is 52.1 Å². The Balaban J connectivity index is 0.00000407. The van der Waals surface area contributed by atoms with Gasteiger partial charge < -0.3 is 14.7 Å². The monoisotopic (exact) mass is 453 g/mol. The van der Waals surface area contributed by atoms with Gasteiger partial charge in [-0.25, -0.2) is 9.18 Å². The molecule has 1 N–H and O–H groups in total. The van der Waals surface area contributed by atoms with E-state index in [1.54, 1.807) is 0 Å². The Morgan fingerprint density at radius 3 is 2.30 bits per heavy atom. The Bertz CT molecular complexity index is 865. The Kier molecular flexibility index (Phi) is 10.3. The molecule has 0 bridgehead atoms. The largest absolute Gasteiger partial charge is 0.475 e. The highest BCUT2D eigenvalue weighted by molar-refractivity contribution is 6.32. The quantitative estimate of drug-likeness (QED) is 0.285. The van der Waals surface area contributed by atoms with E-state index in [4.69, 9.17) is 21.4 Å². The van der Waals surface area contributed by atoms with Gasteiger partial charge in [0.1, 0.15) is 23.5 Å². The summed E-state index contributed by atoms with van der Waals surface area (Å²) in [5.74, 6) is -4.76. The van der Waals surface area contributed by atoms with Crippen molar-refractivity contribution in [2.24, 2.45) is 0 Å². The molecule has 0 fully saturated rings. The number of halogens is 5. The summed E-state index contributed by atoms with van der Waals surface area (Å²) in [4.78, 5) is 33.7. The molecule has 0 saturated heterocycles. The van der Waals surface area contributed by atoms with Gasteiger partial charge in [0, 0.05) is 18.7 Å². The number of allylic oxidation sites excluding steroid dienone is 2. The lowest BCUT2D eigenvalue weighted by atomic mass is 10.0. The molecular formula is C19H20ClF4NO5. The van der Waals surface area contributed by atoms with E-state index < -0.39 is 41.7 Å². The third-order valence-corrected chi connectivity index (χ3v) is 3.88. The smallest absolute Gasteiger partial charge is 0.431 e. The number of nitrogens with zero attached hydrogens (tertiary/aromatic N) is 1. The van der Waals surface area contributed by atoms with Crippen molar-refractivity contribution in [1.82, 2.24) is 4.90 Å². The molecule has 1 aromatic rings. The molecule has 0 aliphatic heterocycles. The number of aliphatic carboxylic acids is 1. The molecule has 0 radical (unpaired) electrons. The minimum absolute atomic E-state index is 0.0953. The first-order valence-corrected chi connectivity index (χ1v) is 8.75. The van der Waals surface area contributed by atoms with Crippen molar-refractivity contribution < 1.29 is 41.8 Å². The van der Waals surface area contributed by atoms with Crippen LogP contribution in [0.3, 0.4) is 0 Å². The van der Waals surface area contributed by atoms with Crippen LogP contribution in [0.5, 0.6) is 5.75 Å². The molecule has 0 spiro atoms. The van der Waals surface area contributed by atoms with Crippen LogP contribution in [0.15, 0.2) is 30.2 Å². The van der Waals surface area contributed by atoms with Crippen LogP contribution in [-0.2, 0) is 20.8 Å². The molecule has 1 amide bonds. The summed E-state index contributed by atoms with van der Waals surface area (Å²) < 4.78 is 58.1. The number of ether oxygens (including phenoxy) is 1. The SMILES string of the molecule is C=C(Oc1c(Cl)cc(F)c(CC(=O)N(C)/C(=C\C=O)C(F)(F)F)c1C)C(=O)O.CC. The van der Waals surface area contributed by atoms with E-state index in [2.05, 4.69) is 6.58 Å². The van der Waals surface area contributed by atoms with Crippen LogP contribution in [0.25, 0.3) is 0 Å². The number of carboxylic acid groups (broad SMARTS) is 1. The number of alkyl halides is 3. The number of likely N-dealkylation sites (N-methyl/N-ethyl adjacent to an activating group) is 1. The maximum absolute atomic E-state index is 14.3. The predicted octanol–water partition coefficient (Wildman–Crippen LogP) is 4.44. The lowest BCUT2D eigenvalue weighted by Gasteiger charge is -2.23. The van der Waals surface area contributed by atoms with Crippen molar-refractivity contribution in [1.29, 1.82) is 0 Å². The van der Waals surface area contributed by atoms with Gasteiger partial charge in [-0.1, -0.05) is 25.4 Å². The second kappa shape index (κ2) is 11.3. The summed E-state index contributed by atoms with van der Waals surface area (Å²) in [5.41, 5.74) is -1.99. The number of carbonyl (C=O) groups excluding carboxylic acids is 2. The van der Waals surface area contributed by atoms with Crippen molar-refractivity contribution in [2.75, 3.05) is 7.05 Å². The lowest BCUT2D eigenvalue weighted by Crippen LogP contribution is -2.35. The van der Waals surface area contributed by atoms with Crippen LogP contribution in [0.2, 0.25) is 5.02 Å². The van der Waals surface area contributed by atoms with Gasteiger partial charge >= 0.3 is 12.1 Å². The maximum Gasteiger partial charge on any atom is 0.431 e. The van der Waals surface area contributed by atoms with Crippen LogP contribution >= 0.6 is 11.6 Å². The van der Waals surface area contributed by atoms with Gasteiger partial charge in [-0.15, -0.1) is 0 Å². The number of aldehydes is 1. The predicted molar refractivity (Wildman–Crippen MR) is 102 cm³/mol. The van der Waals surface area contributed by atoms with E-state index in [9.17, 15) is 31.9 Å². The van der Waals surface area contributed by atoms with E-state index in [-0.39, 0.29) is 39.2 Å². The van der Waals surface area contributed by atoms with Crippen LogP contribution < -0.4 is 4.74 Å². The van der Waals surface area contributed by atoms with Crippen LogP contribution in [0, 0.1) is 12.7 Å². The third kappa shape index (κ3) is 6.87. The van der Waals surface area contributed by atoms with E-state index in [1.165, 1.54) is 6.92 Å². The summed E-state index contributed by atoms with van der Waals surface area (Å²) in [6, 6.07) is 0.730. The Labute approximate surface area is 175 Å². The van der Waals surface area contributed by atoms with E-state index >= 15 is 0 Å². The Hall–Kier alpha value is -2.88. The van der Waals surface area contributed by atoms with Crippen molar-refractivity contribution in [3.8, 4) is 5.75 Å². The number of hydrogen-bond acceptors (Lipinski definition) is 4. The summed E-state index contributed by atoms with van der Waals surface area (Å²) in [6.07, 6.45) is -5.81. The van der Waals surface area contributed by atoms with Crippen LogP contribution in [0.4, 0.5) is 17.6 Å². The average molecular weight is 454 g/mol. The Morgan fingerprint density at radius 2 is 1.87 bits per heavy atom. The van der Waals surface area contributed by atoms with E-state index in [0.717, 1.165) is 13.1 Å². The molecule has 30 heavy (non-hydrogen) atoms. The highest BCUT2D eigenvalue weighted by Crippen LogP contribution is 2.35. The highest BCUT2D eigenvalue weighted by Gasteiger charge is 2.38. The molecule has 1 aromatic carbocycles. The van der Waals surface area contributed by atoms with Crippen LogP contribution in [0.1, 0.15) is 25.0 Å². The van der Waals surface area contributed by atoms with Gasteiger partial charge in [-0.2, -0.15) is 13.2 Å². The molecule has 0 unspecified atom stereocenters. The molecular weight excluding hydrogens is 434 g/mol. The maximum atomic E-state index is 14.3. The normalized spacial score (nSPS) is 11.2. The van der Waals surface area contributed by atoms with Gasteiger partial charge in [0.15, 0.2) is 0 Å². The first kappa shape index (κ1) is 27.1. The fraction of sp³-hybridized carbons (Fsp3) is 0.316. The molecule has 0 atom stereocenters. The van der Waals surface area contributed by atoms with Crippen molar-refractivity contribution >= 4 is 29.8 Å². The molecule has 11 heteroatoms. The zero-order valence-corrected chi connectivity index (χ0v) is 17.3. The fourth-order valence-corrected chi connectivity index (χ4v) is 2.41. The first-order chi connectivity index (χ1) is 13.8. The molecule has 6 nitrogen and oxygen atoms in total. The van der Waals surface area contributed by atoms with E-state index in [0.29, 0.717) is 0 Å². The summed E-state index contributed by atoms with van der Waals surface area (Å²) in [5, 5.41) is 8.49. The van der Waals surface area contributed by atoms with Gasteiger partial charge in [0.25, 0.3) is 0 Å². The molecule has 166 valence electrons. The fourth-order valence-electron chi connectivity index (χ4n) is 2.13. The number of amides is 1. The number of benzene rings is 1. The first-order valence-electron chi connectivity index (χ1n) is 8.38. The summed E-state index contributed by atoms with van der Waals surface area (Å²) in [6.45, 7) is 8.37. The molecule has 0 aliphatic carbocycles.